The van der Waals surface area contributed by atoms with Gasteiger partial charge in [0, 0.05) is 12.1 Å². The number of nitro groups is 1. The Kier molecular flexibility index (Phi) is 4.90. The van der Waals surface area contributed by atoms with E-state index in [0.717, 1.165) is 6.42 Å². The molecule has 0 aliphatic rings. The van der Waals surface area contributed by atoms with E-state index < -0.39 is 4.92 Å². The van der Waals surface area contributed by atoms with Crippen LogP contribution < -0.4 is 5.32 Å². The molecule has 1 heterocycles. The van der Waals surface area contributed by atoms with Crippen LogP contribution >= 0.6 is 15.9 Å². The van der Waals surface area contributed by atoms with Gasteiger partial charge in [0.15, 0.2) is 0 Å². The lowest BCUT2D eigenvalue weighted by Crippen LogP contribution is -2.08. The summed E-state index contributed by atoms with van der Waals surface area (Å²) in [5, 5.41) is 14.1. The van der Waals surface area contributed by atoms with Gasteiger partial charge in [0.2, 0.25) is 0 Å². The molecule has 6 heteroatoms. The van der Waals surface area contributed by atoms with Gasteiger partial charge in [-0.05, 0) is 47.3 Å². The standard InChI is InChI=1S/C15H16BrN3O2/c1-10-5-3-4-6-12(10)7-8-17-15-14(16)11(2)13(9-18-15)19(20)21/h3-6,9H,7-8H2,1-2H3,(H,17,18). The minimum Gasteiger partial charge on any atom is -0.369 e. The topological polar surface area (TPSA) is 68.1 Å². The maximum atomic E-state index is 10.8. The van der Waals surface area contributed by atoms with E-state index in [1.807, 2.05) is 12.1 Å². The molecule has 1 aromatic heterocycles. The summed E-state index contributed by atoms with van der Waals surface area (Å²) in [5.41, 5.74) is 3.13. The summed E-state index contributed by atoms with van der Waals surface area (Å²) in [4.78, 5) is 14.5. The van der Waals surface area contributed by atoms with Crippen LogP contribution in [-0.4, -0.2) is 16.5 Å². The molecule has 0 unspecified atom stereocenters. The highest BCUT2D eigenvalue weighted by molar-refractivity contribution is 9.10. The second kappa shape index (κ2) is 6.67. The van der Waals surface area contributed by atoms with Gasteiger partial charge in [0.25, 0.3) is 5.69 Å². The third-order valence-corrected chi connectivity index (χ3v) is 4.35. The van der Waals surface area contributed by atoms with Crippen molar-refractivity contribution in [3.63, 3.8) is 0 Å². The smallest absolute Gasteiger partial charge is 0.291 e. The number of pyridine rings is 1. The van der Waals surface area contributed by atoms with Crippen molar-refractivity contribution in [2.45, 2.75) is 20.3 Å². The van der Waals surface area contributed by atoms with E-state index in [0.29, 0.717) is 22.4 Å². The van der Waals surface area contributed by atoms with Crippen LogP contribution in [0.4, 0.5) is 11.5 Å². The summed E-state index contributed by atoms with van der Waals surface area (Å²) in [6, 6.07) is 8.22. The predicted octanol–water partition coefficient (Wildman–Crippen LogP) is 4.02. The summed E-state index contributed by atoms with van der Waals surface area (Å²) in [6.07, 6.45) is 2.16. The summed E-state index contributed by atoms with van der Waals surface area (Å²) in [7, 11) is 0. The Morgan fingerprint density at radius 2 is 2.05 bits per heavy atom. The van der Waals surface area contributed by atoms with Crippen molar-refractivity contribution in [1.29, 1.82) is 0 Å². The summed E-state index contributed by atoms with van der Waals surface area (Å²) in [6.45, 7) is 4.50. The number of hydrogen-bond donors (Lipinski definition) is 1. The molecular weight excluding hydrogens is 334 g/mol. The predicted molar refractivity (Wildman–Crippen MR) is 86.7 cm³/mol. The lowest BCUT2D eigenvalue weighted by atomic mass is 10.1. The van der Waals surface area contributed by atoms with Crippen molar-refractivity contribution >= 4 is 27.4 Å². The molecule has 0 atom stereocenters. The zero-order chi connectivity index (χ0) is 15.4. The fourth-order valence-corrected chi connectivity index (χ4v) is 2.53. The van der Waals surface area contributed by atoms with E-state index in [1.165, 1.54) is 17.3 Å². The monoisotopic (exact) mass is 349 g/mol. The number of nitrogens with one attached hydrogen (secondary N) is 1. The average Bonchev–Trinajstić information content (AvgIpc) is 2.45. The number of rotatable bonds is 5. The Balaban J connectivity index is 2.06. The van der Waals surface area contributed by atoms with Gasteiger partial charge in [-0.1, -0.05) is 24.3 Å². The molecule has 1 N–H and O–H groups in total. The molecule has 5 nitrogen and oxygen atoms in total. The van der Waals surface area contributed by atoms with Gasteiger partial charge in [-0.25, -0.2) is 4.98 Å². The van der Waals surface area contributed by atoms with Crippen molar-refractivity contribution in [1.82, 2.24) is 4.98 Å². The van der Waals surface area contributed by atoms with Crippen LogP contribution in [0.25, 0.3) is 0 Å². The Hall–Kier alpha value is -1.95. The van der Waals surface area contributed by atoms with E-state index in [1.54, 1.807) is 6.92 Å². The van der Waals surface area contributed by atoms with Gasteiger partial charge < -0.3 is 5.32 Å². The van der Waals surface area contributed by atoms with Gasteiger partial charge in [0.1, 0.15) is 12.0 Å². The van der Waals surface area contributed by atoms with Crippen LogP contribution in [0, 0.1) is 24.0 Å². The molecule has 0 aliphatic carbocycles. The SMILES string of the molecule is Cc1ccccc1CCNc1ncc([N+](=O)[O-])c(C)c1Br. The molecular formula is C15H16BrN3O2. The molecule has 1 aromatic carbocycles. The van der Waals surface area contributed by atoms with Gasteiger partial charge in [-0.15, -0.1) is 0 Å². The largest absolute Gasteiger partial charge is 0.369 e. The maximum Gasteiger partial charge on any atom is 0.291 e. The molecule has 21 heavy (non-hydrogen) atoms. The Bertz CT molecular complexity index is 674. The fourth-order valence-electron chi connectivity index (χ4n) is 2.08. The first-order valence-electron chi connectivity index (χ1n) is 6.58. The summed E-state index contributed by atoms with van der Waals surface area (Å²) >= 11 is 3.37. The van der Waals surface area contributed by atoms with Crippen LogP contribution in [0.15, 0.2) is 34.9 Å². The van der Waals surface area contributed by atoms with Crippen LogP contribution in [0.5, 0.6) is 0 Å². The molecule has 0 saturated carbocycles. The van der Waals surface area contributed by atoms with E-state index in [9.17, 15) is 10.1 Å². The molecule has 0 bridgehead atoms. The minimum absolute atomic E-state index is 0.0197. The van der Waals surface area contributed by atoms with Crippen LogP contribution in [0.2, 0.25) is 0 Å². The number of halogens is 1. The third-order valence-electron chi connectivity index (χ3n) is 3.38. The van der Waals surface area contributed by atoms with Crippen LogP contribution in [0.3, 0.4) is 0 Å². The highest BCUT2D eigenvalue weighted by Gasteiger charge is 2.16. The number of hydrogen-bond acceptors (Lipinski definition) is 4. The maximum absolute atomic E-state index is 10.8. The van der Waals surface area contributed by atoms with Crippen LogP contribution in [-0.2, 0) is 6.42 Å². The Labute approximate surface area is 131 Å². The van der Waals surface area contributed by atoms with Gasteiger partial charge in [0.05, 0.1) is 9.40 Å². The van der Waals surface area contributed by atoms with Gasteiger partial charge >= 0.3 is 0 Å². The number of nitrogens with zero attached hydrogens (tertiary/aromatic N) is 2. The molecule has 0 radical (unpaired) electrons. The molecule has 110 valence electrons. The van der Waals surface area contributed by atoms with Crippen LogP contribution in [0.1, 0.15) is 16.7 Å². The van der Waals surface area contributed by atoms with Crippen molar-refractivity contribution < 1.29 is 4.92 Å². The molecule has 0 amide bonds. The van der Waals surface area contributed by atoms with E-state index in [-0.39, 0.29) is 5.69 Å². The van der Waals surface area contributed by atoms with Crippen molar-refractivity contribution in [3.05, 3.63) is 61.7 Å². The number of benzene rings is 1. The van der Waals surface area contributed by atoms with Gasteiger partial charge in [-0.3, -0.25) is 10.1 Å². The zero-order valence-electron chi connectivity index (χ0n) is 11.9. The lowest BCUT2D eigenvalue weighted by Gasteiger charge is -2.10. The van der Waals surface area contributed by atoms with Crippen molar-refractivity contribution in [3.8, 4) is 0 Å². The Morgan fingerprint density at radius 3 is 2.71 bits per heavy atom. The molecule has 0 saturated heterocycles. The second-order valence-corrected chi connectivity index (χ2v) is 5.58. The van der Waals surface area contributed by atoms with E-state index >= 15 is 0 Å². The fraction of sp³-hybridized carbons (Fsp3) is 0.267. The normalized spacial score (nSPS) is 10.4. The first-order valence-corrected chi connectivity index (χ1v) is 7.38. The molecule has 0 spiro atoms. The number of aromatic nitrogens is 1. The number of anilines is 1. The highest BCUT2D eigenvalue weighted by atomic mass is 79.9. The second-order valence-electron chi connectivity index (χ2n) is 4.79. The molecule has 0 fully saturated rings. The molecule has 2 rings (SSSR count). The first kappa shape index (κ1) is 15.4. The first-order chi connectivity index (χ1) is 10.0. The minimum atomic E-state index is -0.426. The summed E-state index contributed by atoms with van der Waals surface area (Å²) in [5.74, 6) is 0.631. The third kappa shape index (κ3) is 3.58. The average molecular weight is 350 g/mol. The number of aryl methyl sites for hydroxylation is 1. The zero-order valence-corrected chi connectivity index (χ0v) is 13.5. The quantitative estimate of drug-likeness (QED) is 0.653. The lowest BCUT2D eigenvalue weighted by molar-refractivity contribution is -0.385. The highest BCUT2D eigenvalue weighted by Crippen LogP contribution is 2.30. The molecule has 0 aliphatic heterocycles. The van der Waals surface area contributed by atoms with Crippen molar-refractivity contribution in [2.75, 3.05) is 11.9 Å². The van der Waals surface area contributed by atoms with Crippen molar-refractivity contribution in [2.24, 2.45) is 0 Å². The van der Waals surface area contributed by atoms with E-state index in [4.69, 9.17) is 0 Å². The summed E-state index contributed by atoms with van der Waals surface area (Å²) < 4.78 is 0.640. The van der Waals surface area contributed by atoms with E-state index in [2.05, 4.69) is 45.3 Å². The molecule has 2 aromatic rings. The van der Waals surface area contributed by atoms with Gasteiger partial charge in [-0.2, -0.15) is 0 Å². The Morgan fingerprint density at radius 1 is 1.33 bits per heavy atom.